The molecule has 0 aliphatic heterocycles. The number of carbonyl (C=O) groups is 1. The minimum Gasteiger partial charge on any atom is -0.497 e. The first-order valence-corrected chi connectivity index (χ1v) is 7.35. The van der Waals surface area contributed by atoms with E-state index in [0.717, 1.165) is 9.96 Å². The number of aromatic nitrogens is 2. The van der Waals surface area contributed by atoms with E-state index in [4.69, 9.17) is 4.74 Å². The van der Waals surface area contributed by atoms with E-state index in [1.807, 2.05) is 0 Å². The molecule has 8 heteroatoms. The van der Waals surface area contributed by atoms with Crippen LogP contribution in [0, 0.1) is 0 Å². The summed E-state index contributed by atoms with van der Waals surface area (Å²) in [5.74, 6) is -0.196. The number of nitrogens with one attached hydrogen (secondary N) is 1. The molecule has 0 unspecified atom stereocenters. The van der Waals surface area contributed by atoms with Crippen LogP contribution in [0.2, 0.25) is 0 Å². The summed E-state index contributed by atoms with van der Waals surface area (Å²) in [5.41, 5.74) is -0.941. The molecular formula is C17H14F3N3O2. The topological polar surface area (TPSA) is 55.6 Å². The van der Waals surface area contributed by atoms with Gasteiger partial charge in [0.25, 0.3) is 5.91 Å². The van der Waals surface area contributed by atoms with E-state index >= 15 is 0 Å². The number of methoxy groups -OCH3 is 1. The highest BCUT2D eigenvalue weighted by Gasteiger charge is 2.40. The molecule has 0 spiro atoms. The van der Waals surface area contributed by atoms with Gasteiger partial charge >= 0.3 is 6.18 Å². The lowest BCUT2D eigenvalue weighted by molar-refractivity contribution is -0.141. The van der Waals surface area contributed by atoms with Gasteiger partial charge in [-0.15, -0.1) is 0 Å². The number of hydrogen-bond acceptors (Lipinski definition) is 3. The van der Waals surface area contributed by atoms with Crippen molar-refractivity contribution < 1.29 is 22.7 Å². The standard InChI is InChI=1S/C17H14F3N3O2/c1-25-12-7-5-11(6-8-12)10-21-16(24)14-15(17(18,19)20)22-13-4-2-3-9-23(13)14/h2-9H,10H2,1H3,(H,21,24). The van der Waals surface area contributed by atoms with Crippen molar-refractivity contribution in [1.29, 1.82) is 0 Å². The quantitative estimate of drug-likeness (QED) is 0.786. The Bertz CT molecular complexity index is 902. The second kappa shape index (κ2) is 6.46. The SMILES string of the molecule is COc1ccc(CNC(=O)c2c(C(F)(F)F)nc3ccccn23)cc1. The second-order valence-corrected chi connectivity index (χ2v) is 5.27. The van der Waals surface area contributed by atoms with E-state index in [2.05, 4.69) is 10.3 Å². The van der Waals surface area contributed by atoms with Crippen molar-refractivity contribution in [3.8, 4) is 5.75 Å². The fourth-order valence-corrected chi connectivity index (χ4v) is 2.42. The normalized spacial score (nSPS) is 11.5. The van der Waals surface area contributed by atoms with Gasteiger partial charge < -0.3 is 10.1 Å². The van der Waals surface area contributed by atoms with E-state index in [1.165, 1.54) is 25.4 Å². The van der Waals surface area contributed by atoms with Crippen molar-refractivity contribution >= 4 is 11.6 Å². The molecular weight excluding hydrogens is 335 g/mol. The molecule has 1 aromatic carbocycles. The first kappa shape index (κ1) is 16.8. The van der Waals surface area contributed by atoms with Crippen LogP contribution in [0.25, 0.3) is 5.65 Å². The van der Waals surface area contributed by atoms with Gasteiger partial charge in [0.05, 0.1) is 7.11 Å². The molecule has 0 aliphatic carbocycles. The van der Waals surface area contributed by atoms with Crippen molar-refractivity contribution in [2.75, 3.05) is 7.11 Å². The summed E-state index contributed by atoms with van der Waals surface area (Å²) in [4.78, 5) is 15.9. The zero-order valence-corrected chi connectivity index (χ0v) is 13.2. The van der Waals surface area contributed by atoms with E-state index < -0.39 is 23.5 Å². The van der Waals surface area contributed by atoms with Crippen LogP contribution in [0.5, 0.6) is 5.75 Å². The Morgan fingerprint density at radius 3 is 2.56 bits per heavy atom. The van der Waals surface area contributed by atoms with E-state index in [1.54, 1.807) is 30.3 Å². The number of ether oxygens (including phenoxy) is 1. The van der Waals surface area contributed by atoms with Crippen molar-refractivity contribution in [2.45, 2.75) is 12.7 Å². The molecule has 2 heterocycles. The zero-order chi connectivity index (χ0) is 18.0. The zero-order valence-electron chi connectivity index (χ0n) is 13.2. The molecule has 0 radical (unpaired) electrons. The van der Waals surface area contributed by atoms with Crippen molar-refractivity contribution in [2.24, 2.45) is 0 Å². The third kappa shape index (κ3) is 3.42. The summed E-state index contributed by atoms with van der Waals surface area (Å²) >= 11 is 0. The Hall–Kier alpha value is -3.03. The van der Waals surface area contributed by atoms with E-state index in [-0.39, 0.29) is 12.2 Å². The average Bonchev–Trinajstić information content (AvgIpc) is 3.00. The van der Waals surface area contributed by atoms with Crippen molar-refractivity contribution in [3.05, 3.63) is 65.6 Å². The predicted molar refractivity (Wildman–Crippen MR) is 84.4 cm³/mol. The fraction of sp³-hybridized carbons (Fsp3) is 0.176. The molecule has 130 valence electrons. The number of alkyl halides is 3. The second-order valence-electron chi connectivity index (χ2n) is 5.27. The van der Waals surface area contributed by atoms with Gasteiger partial charge in [0, 0.05) is 12.7 Å². The molecule has 0 atom stereocenters. The number of pyridine rings is 1. The molecule has 0 saturated heterocycles. The molecule has 0 fully saturated rings. The van der Waals surface area contributed by atoms with Gasteiger partial charge in [-0.3, -0.25) is 9.20 Å². The summed E-state index contributed by atoms with van der Waals surface area (Å²) < 4.78 is 45.8. The Balaban J connectivity index is 1.88. The maximum Gasteiger partial charge on any atom is 0.435 e. The van der Waals surface area contributed by atoms with Gasteiger partial charge in [-0.05, 0) is 29.8 Å². The molecule has 0 aliphatic rings. The highest BCUT2D eigenvalue weighted by Crippen LogP contribution is 2.31. The van der Waals surface area contributed by atoms with E-state index in [0.29, 0.717) is 5.75 Å². The highest BCUT2D eigenvalue weighted by atomic mass is 19.4. The first-order chi connectivity index (χ1) is 11.9. The molecule has 0 bridgehead atoms. The highest BCUT2D eigenvalue weighted by molar-refractivity contribution is 5.94. The van der Waals surface area contributed by atoms with Crippen LogP contribution in [-0.4, -0.2) is 22.4 Å². The van der Waals surface area contributed by atoms with Gasteiger partial charge in [-0.2, -0.15) is 13.2 Å². The summed E-state index contributed by atoms with van der Waals surface area (Å²) in [6.45, 7) is 0.0835. The summed E-state index contributed by atoms with van der Waals surface area (Å²) in [6.07, 6.45) is -3.35. The maximum atomic E-state index is 13.2. The number of carbonyl (C=O) groups excluding carboxylic acids is 1. The van der Waals surface area contributed by atoms with Crippen LogP contribution in [0.1, 0.15) is 21.7 Å². The molecule has 0 saturated carbocycles. The maximum absolute atomic E-state index is 13.2. The number of amides is 1. The number of hydrogen-bond donors (Lipinski definition) is 1. The number of benzene rings is 1. The fourth-order valence-electron chi connectivity index (χ4n) is 2.42. The first-order valence-electron chi connectivity index (χ1n) is 7.35. The third-order valence-electron chi connectivity index (χ3n) is 3.63. The minimum absolute atomic E-state index is 0.0597. The molecule has 5 nitrogen and oxygen atoms in total. The Morgan fingerprint density at radius 1 is 1.20 bits per heavy atom. The average molecular weight is 349 g/mol. The van der Waals surface area contributed by atoms with Crippen LogP contribution in [0.3, 0.4) is 0 Å². The minimum atomic E-state index is -4.72. The molecule has 1 N–H and O–H groups in total. The lowest BCUT2D eigenvalue weighted by Gasteiger charge is -2.09. The molecule has 3 rings (SSSR count). The number of imidazole rings is 1. The Labute approximate surface area is 141 Å². The van der Waals surface area contributed by atoms with Crippen molar-refractivity contribution in [1.82, 2.24) is 14.7 Å². The van der Waals surface area contributed by atoms with Gasteiger partial charge in [0.2, 0.25) is 0 Å². The lowest BCUT2D eigenvalue weighted by atomic mass is 10.2. The van der Waals surface area contributed by atoms with Crippen LogP contribution >= 0.6 is 0 Å². The van der Waals surface area contributed by atoms with Gasteiger partial charge in [0.15, 0.2) is 5.69 Å². The van der Waals surface area contributed by atoms with E-state index in [9.17, 15) is 18.0 Å². The Kier molecular flexibility index (Phi) is 4.35. The molecule has 25 heavy (non-hydrogen) atoms. The van der Waals surface area contributed by atoms with Crippen molar-refractivity contribution in [3.63, 3.8) is 0 Å². The van der Waals surface area contributed by atoms with Gasteiger partial charge in [-0.1, -0.05) is 18.2 Å². The smallest absolute Gasteiger partial charge is 0.435 e. The molecule has 3 aromatic rings. The third-order valence-corrected chi connectivity index (χ3v) is 3.63. The summed E-state index contributed by atoms with van der Waals surface area (Å²) in [7, 11) is 1.53. The Morgan fingerprint density at radius 2 is 1.92 bits per heavy atom. The van der Waals surface area contributed by atoms with Crippen LogP contribution in [0.4, 0.5) is 13.2 Å². The number of fused-ring (bicyclic) bond motifs is 1. The lowest BCUT2D eigenvalue weighted by Crippen LogP contribution is -2.27. The predicted octanol–water partition coefficient (Wildman–Crippen LogP) is 3.29. The number of halogens is 3. The summed E-state index contributed by atoms with van der Waals surface area (Å²) in [6, 6.07) is 11.4. The van der Waals surface area contributed by atoms with Gasteiger partial charge in [0.1, 0.15) is 17.1 Å². The van der Waals surface area contributed by atoms with Crippen LogP contribution in [-0.2, 0) is 12.7 Å². The number of rotatable bonds is 4. The monoisotopic (exact) mass is 349 g/mol. The van der Waals surface area contributed by atoms with Crippen LogP contribution in [0.15, 0.2) is 48.7 Å². The molecule has 1 amide bonds. The largest absolute Gasteiger partial charge is 0.497 e. The van der Waals surface area contributed by atoms with Gasteiger partial charge in [-0.25, -0.2) is 4.98 Å². The van der Waals surface area contributed by atoms with Crippen LogP contribution < -0.4 is 10.1 Å². The molecule has 2 aromatic heterocycles. The summed E-state index contributed by atoms with van der Waals surface area (Å²) in [5, 5.41) is 2.50. The number of nitrogens with zero attached hydrogens (tertiary/aromatic N) is 2.